The van der Waals surface area contributed by atoms with E-state index in [1.54, 1.807) is 17.5 Å². The minimum absolute atomic E-state index is 0.0229. The largest absolute Gasteiger partial charge is 0.468 e. The van der Waals surface area contributed by atoms with Gasteiger partial charge in [-0.3, -0.25) is 19.7 Å². The van der Waals surface area contributed by atoms with Crippen molar-refractivity contribution in [2.24, 2.45) is 0 Å². The molecule has 0 fully saturated rings. The van der Waals surface area contributed by atoms with Gasteiger partial charge in [-0.15, -0.1) is 23.1 Å². The van der Waals surface area contributed by atoms with Gasteiger partial charge in [-0.05, 0) is 0 Å². The lowest BCUT2D eigenvalue weighted by molar-refractivity contribution is -0.384. The average molecular weight is 367 g/mol. The van der Waals surface area contributed by atoms with Crippen molar-refractivity contribution in [1.82, 2.24) is 4.98 Å². The van der Waals surface area contributed by atoms with E-state index in [4.69, 9.17) is 0 Å². The van der Waals surface area contributed by atoms with Gasteiger partial charge in [-0.1, -0.05) is 12.1 Å². The number of hydrogen-bond donors (Lipinski definition) is 1. The van der Waals surface area contributed by atoms with Crippen LogP contribution in [0.2, 0.25) is 0 Å². The molecular formula is C14H13N3O5S2. The highest BCUT2D eigenvalue weighted by atomic mass is 32.2. The van der Waals surface area contributed by atoms with E-state index in [0.717, 1.165) is 11.8 Å². The van der Waals surface area contributed by atoms with Crippen molar-refractivity contribution in [3.63, 3.8) is 0 Å². The van der Waals surface area contributed by atoms with Crippen molar-refractivity contribution in [2.75, 3.05) is 23.9 Å². The number of nitrogens with zero attached hydrogens (tertiary/aromatic N) is 2. The number of nitrogens with one attached hydrogen (secondary N) is 1. The van der Waals surface area contributed by atoms with Crippen molar-refractivity contribution in [3.8, 4) is 11.3 Å². The maximum absolute atomic E-state index is 11.8. The van der Waals surface area contributed by atoms with E-state index in [1.807, 2.05) is 0 Å². The Labute approximate surface area is 145 Å². The third-order valence-electron chi connectivity index (χ3n) is 2.78. The second-order valence-electron chi connectivity index (χ2n) is 4.46. The molecule has 1 N–H and O–H groups in total. The van der Waals surface area contributed by atoms with Crippen LogP contribution in [0.3, 0.4) is 0 Å². The predicted molar refractivity (Wildman–Crippen MR) is 92.2 cm³/mol. The van der Waals surface area contributed by atoms with E-state index in [2.05, 4.69) is 15.0 Å². The Kier molecular flexibility index (Phi) is 6.27. The number of anilines is 1. The summed E-state index contributed by atoms with van der Waals surface area (Å²) in [5, 5.41) is 15.5. The number of ether oxygens (including phenoxy) is 1. The number of esters is 1. The molecule has 0 bridgehead atoms. The van der Waals surface area contributed by atoms with Crippen molar-refractivity contribution < 1.29 is 19.2 Å². The Bertz CT molecular complexity index is 762. The number of rotatable bonds is 7. The molecule has 1 amide bonds. The van der Waals surface area contributed by atoms with Crippen molar-refractivity contribution in [2.45, 2.75) is 0 Å². The first-order valence-electron chi connectivity index (χ1n) is 6.64. The Morgan fingerprint density at radius 1 is 1.42 bits per heavy atom. The van der Waals surface area contributed by atoms with Gasteiger partial charge in [0.15, 0.2) is 5.13 Å². The summed E-state index contributed by atoms with van der Waals surface area (Å²) in [6, 6.07) is 6.11. The maximum Gasteiger partial charge on any atom is 0.315 e. The molecule has 1 aromatic heterocycles. The van der Waals surface area contributed by atoms with Crippen LogP contribution >= 0.6 is 23.1 Å². The minimum atomic E-state index is -0.475. The molecule has 0 aliphatic carbocycles. The van der Waals surface area contributed by atoms with Crippen molar-refractivity contribution in [3.05, 3.63) is 39.8 Å². The van der Waals surface area contributed by atoms with Gasteiger partial charge in [0.1, 0.15) is 0 Å². The molecule has 126 valence electrons. The number of methoxy groups -OCH3 is 1. The van der Waals surface area contributed by atoms with E-state index < -0.39 is 10.9 Å². The molecule has 0 aliphatic heterocycles. The van der Waals surface area contributed by atoms with Gasteiger partial charge >= 0.3 is 5.97 Å². The molecule has 0 unspecified atom stereocenters. The molecule has 24 heavy (non-hydrogen) atoms. The van der Waals surface area contributed by atoms with Crippen LogP contribution in [0.4, 0.5) is 10.8 Å². The van der Waals surface area contributed by atoms with E-state index in [1.165, 1.54) is 30.6 Å². The summed E-state index contributed by atoms with van der Waals surface area (Å²) >= 11 is 2.35. The summed E-state index contributed by atoms with van der Waals surface area (Å²) in [5.41, 5.74) is 1.12. The first kappa shape index (κ1) is 17.9. The molecular weight excluding hydrogens is 354 g/mol. The molecule has 8 nitrogen and oxygen atoms in total. The quantitative estimate of drug-likeness (QED) is 0.455. The fraction of sp³-hybridized carbons (Fsp3) is 0.214. The SMILES string of the molecule is COC(=O)CSCC(=O)Nc1nc(-c2cccc([N+](=O)[O-])c2)cs1. The smallest absolute Gasteiger partial charge is 0.315 e. The maximum atomic E-state index is 11.8. The molecule has 0 spiro atoms. The molecule has 1 aromatic carbocycles. The van der Waals surface area contributed by atoms with Gasteiger partial charge in [0.2, 0.25) is 5.91 Å². The number of hydrogen-bond acceptors (Lipinski definition) is 8. The minimum Gasteiger partial charge on any atom is -0.468 e. The number of non-ortho nitro benzene ring substituents is 1. The van der Waals surface area contributed by atoms with Crippen LogP contribution in [0.1, 0.15) is 0 Å². The van der Waals surface area contributed by atoms with Gasteiger partial charge < -0.3 is 10.1 Å². The highest BCUT2D eigenvalue weighted by molar-refractivity contribution is 8.00. The Morgan fingerprint density at radius 2 is 2.21 bits per heavy atom. The van der Waals surface area contributed by atoms with Gasteiger partial charge in [-0.25, -0.2) is 4.98 Å². The zero-order valence-corrected chi connectivity index (χ0v) is 14.2. The third kappa shape index (κ3) is 5.03. The Hall–Kier alpha value is -2.46. The number of thioether (sulfide) groups is 1. The summed E-state index contributed by atoms with van der Waals surface area (Å²) in [4.78, 5) is 37.3. The number of aromatic nitrogens is 1. The van der Waals surface area contributed by atoms with E-state index >= 15 is 0 Å². The number of benzene rings is 1. The molecule has 1 heterocycles. The van der Waals surface area contributed by atoms with Gasteiger partial charge in [0, 0.05) is 23.1 Å². The molecule has 2 rings (SSSR count). The molecule has 0 aliphatic rings. The lowest BCUT2D eigenvalue weighted by atomic mass is 10.1. The molecule has 10 heteroatoms. The molecule has 0 radical (unpaired) electrons. The van der Waals surface area contributed by atoms with E-state index in [-0.39, 0.29) is 23.1 Å². The number of nitro groups is 1. The van der Waals surface area contributed by atoms with Gasteiger partial charge in [0.25, 0.3) is 5.69 Å². The second kappa shape index (κ2) is 8.41. The number of nitro benzene ring substituents is 1. The van der Waals surface area contributed by atoms with Crippen LogP contribution in [-0.2, 0) is 14.3 Å². The molecule has 0 saturated carbocycles. The van der Waals surface area contributed by atoms with Crippen LogP contribution in [0, 0.1) is 10.1 Å². The topological polar surface area (TPSA) is 111 Å². The average Bonchev–Trinajstić information content (AvgIpc) is 3.03. The first-order chi connectivity index (χ1) is 11.5. The third-order valence-corrected chi connectivity index (χ3v) is 4.45. The highest BCUT2D eigenvalue weighted by Crippen LogP contribution is 2.27. The number of thiazole rings is 1. The first-order valence-corrected chi connectivity index (χ1v) is 8.68. The summed E-state index contributed by atoms with van der Waals surface area (Å²) in [7, 11) is 1.29. The van der Waals surface area contributed by atoms with Crippen molar-refractivity contribution in [1.29, 1.82) is 0 Å². The zero-order valence-electron chi connectivity index (χ0n) is 12.6. The Balaban J connectivity index is 1.95. The summed E-state index contributed by atoms with van der Waals surface area (Å²) in [5.74, 6) is -0.486. The molecule has 2 aromatic rings. The summed E-state index contributed by atoms with van der Waals surface area (Å²) in [6.45, 7) is 0. The van der Waals surface area contributed by atoms with E-state index in [0.29, 0.717) is 16.4 Å². The predicted octanol–water partition coefficient (Wildman–Crippen LogP) is 2.56. The molecule has 0 saturated heterocycles. The van der Waals surface area contributed by atoms with Crippen LogP contribution in [0.15, 0.2) is 29.6 Å². The van der Waals surface area contributed by atoms with Crippen LogP contribution in [-0.4, -0.2) is 40.4 Å². The zero-order chi connectivity index (χ0) is 17.5. The van der Waals surface area contributed by atoms with Gasteiger partial charge in [0.05, 0.1) is 29.2 Å². The Morgan fingerprint density at radius 3 is 2.92 bits per heavy atom. The second-order valence-corrected chi connectivity index (χ2v) is 6.31. The lowest BCUT2D eigenvalue weighted by Crippen LogP contribution is -2.15. The molecule has 0 atom stereocenters. The lowest BCUT2D eigenvalue weighted by Gasteiger charge is -2.01. The van der Waals surface area contributed by atoms with Crippen LogP contribution in [0.25, 0.3) is 11.3 Å². The van der Waals surface area contributed by atoms with E-state index in [9.17, 15) is 19.7 Å². The van der Waals surface area contributed by atoms with Crippen LogP contribution in [0.5, 0.6) is 0 Å². The normalized spacial score (nSPS) is 10.2. The fourth-order valence-electron chi connectivity index (χ4n) is 1.68. The summed E-state index contributed by atoms with van der Waals surface area (Å²) in [6.07, 6.45) is 0. The van der Waals surface area contributed by atoms with Crippen LogP contribution < -0.4 is 5.32 Å². The monoisotopic (exact) mass is 367 g/mol. The van der Waals surface area contributed by atoms with Gasteiger partial charge in [-0.2, -0.15) is 0 Å². The standard InChI is InChI=1S/C14H13N3O5S2/c1-22-13(19)8-23-7-12(18)16-14-15-11(6-24-14)9-3-2-4-10(5-9)17(20)21/h2-6H,7-8H2,1H3,(H,15,16,18). The number of carbonyl (C=O) groups is 2. The summed E-state index contributed by atoms with van der Waals surface area (Å²) < 4.78 is 4.48. The highest BCUT2D eigenvalue weighted by Gasteiger charge is 2.12. The number of carbonyl (C=O) groups excluding carboxylic acids is 2. The number of amides is 1. The fourth-order valence-corrected chi connectivity index (χ4v) is 3.06. The van der Waals surface area contributed by atoms with Crippen molar-refractivity contribution >= 4 is 45.8 Å².